The van der Waals surface area contributed by atoms with Crippen molar-refractivity contribution < 1.29 is 24.2 Å². The zero-order valence-electron chi connectivity index (χ0n) is 19.1. The number of nitrogens with zero attached hydrogens (tertiary/aromatic N) is 2. The second-order valence-electron chi connectivity index (χ2n) is 9.00. The average molecular weight is 445 g/mol. The normalized spacial score (nSPS) is 20.3. The largest absolute Gasteiger partial charge is 0.497 e. The van der Waals surface area contributed by atoms with Gasteiger partial charge < -0.3 is 19.6 Å². The van der Waals surface area contributed by atoms with Gasteiger partial charge in [-0.3, -0.25) is 14.4 Å². The molecule has 0 radical (unpaired) electrons. The fourth-order valence-electron chi connectivity index (χ4n) is 5.14. The first kappa shape index (κ1) is 24.1. The molecule has 2 amide bonds. The number of rotatable bonds is 10. The molecule has 2 atom stereocenters. The third-order valence-corrected chi connectivity index (χ3v) is 6.85. The van der Waals surface area contributed by atoms with Gasteiger partial charge in [-0.05, 0) is 62.1 Å². The molecule has 1 saturated heterocycles. The van der Waals surface area contributed by atoms with Crippen LogP contribution in [-0.2, 0) is 20.8 Å². The van der Waals surface area contributed by atoms with Crippen LogP contribution in [0.1, 0.15) is 63.4 Å². The fourth-order valence-corrected chi connectivity index (χ4v) is 5.14. The fraction of sp³-hybridized carbons (Fsp3) is 0.640. The summed E-state index contributed by atoms with van der Waals surface area (Å²) < 4.78 is 5.15. The van der Waals surface area contributed by atoms with Crippen molar-refractivity contribution in [2.45, 2.75) is 70.3 Å². The average Bonchev–Trinajstić information content (AvgIpc) is 2.81. The molecule has 0 bridgehead atoms. The SMILES string of the molecule is COc1ccc(CCN(CC(=O)O)C(=O)CCCC(=O)N2CCCC3CCCCC32)cc1. The highest BCUT2D eigenvalue weighted by molar-refractivity contribution is 5.82. The molecule has 1 aliphatic heterocycles. The van der Waals surface area contributed by atoms with E-state index in [1.54, 1.807) is 7.11 Å². The Hall–Kier alpha value is -2.57. The lowest BCUT2D eigenvalue weighted by molar-refractivity contribution is -0.144. The number of carbonyl (C=O) groups is 3. The van der Waals surface area contributed by atoms with E-state index in [2.05, 4.69) is 4.90 Å². The molecule has 7 nitrogen and oxygen atoms in total. The lowest BCUT2D eigenvalue weighted by Gasteiger charge is -2.44. The molecule has 1 saturated carbocycles. The summed E-state index contributed by atoms with van der Waals surface area (Å²) in [5.74, 6) is 0.318. The molecule has 1 aromatic rings. The maximum absolute atomic E-state index is 12.8. The van der Waals surface area contributed by atoms with Gasteiger partial charge in [0.05, 0.1) is 7.11 Å². The molecule has 2 aliphatic rings. The van der Waals surface area contributed by atoms with E-state index in [1.807, 2.05) is 24.3 Å². The van der Waals surface area contributed by atoms with Crippen LogP contribution in [-0.4, -0.2) is 65.5 Å². The van der Waals surface area contributed by atoms with Gasteiger partial charge in [-0.15, -0.1) is 0 Å². The van der Waals surface area contributed by atoms with Crippen molar-refractivity contribution in [2.24, 2.45) is 5.92 Å². The Balaban J connectivity index is 1.47. The maximum Gasteiger partial charge on any atom is 0.323 e. The number of hydrogen-bond donors (Lipinski definition) is 1. The number of fused-ring (bicyclic) bond motifs is 1. The molecule has 1 N–H and O–H groups in total. The number of ether oxygens (including phenoxy) is 1. The van der Waals surface area contributed by atoms with Crippen LogP contribution in [0, 0.1) is 5.92 Å². The summed E-state index contributed by atoms with van der Waals surface area (Å²) in [5.41, 5.74) is 1.01. The molecule has 3 rings (SSSR count). The van der Waals surface area contributed by atoms with Crippen molar-refractivity contribution in [2.75, 3.05) is 26.7 Å². The van der Waals surface area contributed by atoms with E-state index in [1.165, 1.54) is 30.6 Å². The minimum Gasteiger partial charge on any atom is -0.497 e. The van der Waals surface area contributed by atoms with E-state index in [0.29, 0.717) is 37.8 Å². The number of benzene rings is 1. The third kappa shape index (κ3) is 6.71. The Labute approximate surface area is 190 Å². The van der Waals surface area contributed by atoms with E-state index in [4.69, 9.17) is 4.74 Å². The van der Waals surface area contributed by atoms with Gasteiger partial charge in [-0.1, -0.05) is 25.0 Å². The second kappa shape index (κ2) is 11.9. The van der Waals surface area contributed by atoms with Gasteiger partial charge in [0.25, 0.3) is 0 Å². The van der Waals surface area contributed by atoms with Gasteiger partial charge >= 0.3 is 5.97 Å². The van der Waals surface area contributed by atoms with Crippen molar-refractivity contribution >= 4 is 17.8 Å². The molecule has 2 unspecified atom stereocenters. The third-order valence-electron chi connectivity index (χ3n) is 6.85. The van der Waals surface area contributed by atoms with Crippen LogP contribution in [0.4, 0.5) is 0 Å². The first-order valence-corrected chi connectivity index (χ1v) is 11.9. The number of hydrogen-bond acceptors (Lipinski definition) is 4. The van der Waals surface area contributed by atoms with Crippen molar-refractivity contribution in [1.29, 1.82) is 0 Å². The van der Waals surface area contributed by atoms with E-state index in [0.717, 1.165) is 30.7 Å². The minimum absolute atomic E-state index is 0.150. The van der Waals surface area contributed by atoms with Crippen LogP contribution < -0.4 is 4.74 Å². The molecule has 176 valence electrons. The maximum atomic E-state index is 12.8. The number of carboxylic acids is 1. The van der Waals surface area contributed by atoms with Gasteiger partial charge in [0, 0.05) is 32.0 Å². The highest BCUT2D eigenvalue weighted by Crippen LogP contribution is 2.35. The van der Waals surface area contributed by atoms with Crippen LogP contribution in [0.25, 0.3) is 0 Å². The molecule has 1 aromatic carbocycles. The Kier molecular flexibility index (Phi) is 8.94. The Morgan fingerprint density at radius 3 is 2.50 bits per heavy atom. The summed E-state index contributed by atoms with van der Waals surface area (Å²) in [4.78, 5) is 40.3. The second-order valence-corrected chi connectivity index (χ2v) is 9.00. The zero-order chi connectivity index (χ0) is 22.9. The summed E-state index contributed by atoms with van der Waals surface area (Å²) in [6.07, 6.45) is 8.68. The van der Waals surface area contributed by atoms with Crippen molar-refractivity contribution in [3.8, 4) is 5.75 Å². The topological polar surface area (TPSA) is 87.1 Å². The van der Waals surface area contributed by atoms with E-state index in [9.17, 15) is 19.5 Å². The summed E-state index contributed by atoms with van der Waals surface area (Å²) >= 11 is 0. The summed E-state index contributed by atoms with van der Waals surface area (Å²) in [5, 5.41) is 9.22. The van der Waals surface area contributed by atoms with Crippen LogP contribution in [0.5, 0.6) is 5.75 Å². The monoisotopic (exact) mass is 444 g/mol. The van der Waals surface area contributed by atoms with Gasteiger partial charge in [0.1, 0.15) is 12.3 Å². The van der Waals surface area contributed by atoms with Gasteiger partial charge in [-0.25, -0.2) is 0 Å². The molecule has 0 spiro atoms. The standard InChI is InChI=1S/C25H36N2O5/c1-32-21-13-11-19(12-14-21)15-17-26(18-25(30)31)23(28)9-4-10-24(29)27-16-5-7-20-6-2-3-8-22(20)27/h11-14,20,22H,2-10,15-18H2,1H3,(H,30,31). The number of aliphatic carboxylic acids is 1. The predicted octanol–water partition coefficient (Wildman–Crippen LogP) is 3.50. The van der Waals surface area contributed by atoms with Crippen LogP contribution in [0.2, 0.25) is 0 Å². The Morgan fingerprint density at radius 1 is 1.06 bits per heavy atom. The Morgan fingerprint density at radius 2 is 1.78 bits per heavy atom. The summed E-state index contributed by atoms with van der Waals surface area (Å²) in [6.45, 7) is 0.848. The van der Waals surface area contributed by atoms with Crippen molar-refractivity contribution in [1.82, 2.24) is 9.80 Å². The van der Waals surface area contributed by atoms with Gasteiger partial charge in [0.15, 0.2) is 0 Å². The molecule has 0 aromatic heterocycles. The number of carbonyl (C=O) groups excluding carboxylic acids is 2. The summed E-state index contributed by atoms with van der Waals surface area (Å²) in [7, 11) is 1.60. The van der Waals surface area contributed by atoms with Crippen LogP contribution in [0.3, 0.4) is 0 Å². The number of methoxy groups -OCH3 is 1. The summed E-state index contributed by atoms with van der Waals surface area (Å²) in [6, 6.07) is 7.91. The quantitative estimate of drug-likeness (QED) is 0.597. The number of carboxylic acid groups (broad SMARTS) is 1. The molecule has 7 heteroatoms. The van der Waals surface area contributed by atoms with Crippen LogP contribution >= 0.6 is 0 Å². The van der Waals surface area contributed by atoms with Crippen molar-refractivity contribution in [3.05, 3.63) is 29.8 Å². The van der Waals surface area contributed by atoms with Gasteiger partial charge in [0.2, 0.25) is 11.8 Å². The number of amides is 2. The lowest BCUT2D eigenvalue weighted by Crippen LogP contribution is -2.49. The molecule has 32 heavy (non-hydrogen) atoms. The molecular weight excluding hydrogens is 408 g/mol. The van der Waals surface area contributed by atoms with Gasteiger partial charge in [-0.2, -0.15) is 0 Å². The highest BCUT2D eigenvalue weighted by atomic mass is 16.5. The van der Waals surface area contributed by atoms with Crippen LogP contribution in [0.15, 0.2) is 24.3 Å². The minimum atomic E-state index is -1.03. The molecule has 1 heterocycles. The van der Waals surface area contributed by atoms with E-state index < -0.39 is 5.97 Å². The Bertz CT molecular complexity index is 777. The number of likely N-dealkylation sites (tertiary alicyclic amines) is 1. The van der Waals surface area contributed by atoms with E-state index in [-0.39, 0.29) is 24.8 Å². The number of piperidine rings is 1. The molecule has 2 fully saturated rings. The smallest absolute Gasteiger partial charge is 0.323 e. The highest BCUT2D eigenvalue weighted by Gasteiger charge is 2.35. The first-order valence-electron chi connectivity index (χ1n) is 11.9. The predicted molar refractivity (Wildman–Crippen MR) is 121 cm³/mol. The first-order chi connectivity index (χ1) is 15.5. The molecule has 1 aliphatic carbocycles. The van der Waals surface area contributed by atoms with E-state index >= 15 is 0 Å². The lowest BCUT2D eigenvalue weighted by atomic mass is 9.78. The molecular formula is C25H36N2O5. The zero-order valence-corrected chi connectivity index (χ0v) is 19.1. The van der Waals surface area contributed by atoms with Crippen molar-refractivity contribution in [3.63, 3.8) is 0 Å².